The van der Waals surface area contributed by atoms with Crippen LogP contribution in [-0.4, -0.2) is 33.0 Å². The average molecular weight is 479 g/mol. The zero-order chi connectivity index (χ0) is 24.3. The first-order valence-electron chi connectivity index (χ1n) is 10.3. The molecule has 2 atom stereocenters. The Hall–Kier alpha value is -1.97. The molecule has 2 aromatic carbocycles. The molecule has 0 aliphatic carbocycles. The Kier molecular flexibility index (Phi) is 11.9. The number of halogens is 4. The molecule has 9 heteroatoms. The minimum absolute atomic E-state index is 0.00610. The summed E-state index contributed by atoms with van der Waals surface area (Å²) in [6, 6.07) is 6.92. The molecule has 0 fully saturated rings. The number of aliphatic hydroxyl groups is 1. The van der Waals surface area contributed by atoms with Gasteiger partial charge in [0.1, 0.15) is 23.3 Å². The van der Waals surface area contributed by atoms with Gasteiger partial charge in [-0.15, -0.1) is 0 Å². The first-order chi connectivity index (χ1) is 15.0. The van der Waals surface area contributed by atoms with E-state index in [9.17, 15) is 26.0 Å². The molecule has 32 heavy (non-hydrogen) atoms. The third-order valence-corrected chi connectivity index (χ3v) is 5.54. The van der Waals surface area contributed by atoms with E-state index >= 15 is 0 Å². The number of hydrogen-bond acceptors (Lipinski definition) is 4. The minimum Gasteiger partial charge on any atom is -0.396 e. The van der Waals surface area contributed by atoms with Crippen molar-refractivity contribution in [2.24, 2.45) is 11.8 Å². The summed E-state index contributed by atoms with van der Waals surface area (Å²) in [5.41, 5.74) is 0.827. The summed E-state index contributed by atoms with van der Waals surface area (Å²) in [5, 5.41) is 8.94. The van der Waals surface area contributed by atoms with Crippen LogP contribution in [0.3, 0.4) is 0 Å². The molecule has 1 N–H and O–H groups in total. The van der Waals surface area contributed by atoms with Gasteiger partial charge in [-0.2, -0.15) is 8.42 Å². The molecule has 0 spiro atoms. The maximum absolute atomic E-state index is 13.4. The van der Waals surface area contributed by atoms with Crippen LogP contribution < -0.4 is 0 Å². The monoisotopic (exact) mass is 478 g/mol. The molecule has 0 aromatic heterocycles. The number of benzene rings is 2. The van der Waals surface area contributed by atoms with Crippen LogP contribution in [0, 0.1) is 35.1 Å². The second-order valence-electron chi connectivity index (χ2n) is 7.60. The quantitative estimate of drug-likeness (QED) is 0.384. The van der Waals surface area contributed by atoms with Gasteiger partial charge in [-0.05, 0) is 47.9 Å². The molecule has 4 nitrogen and oxygen atoms in total. The fraction of sp³-hybridized carbons (Fsp3) is 0.478. The van der Waals surface area contributed by atoms with Crippen LogP contribution in [0.1, 0.15) is 37.8 Å². The number of hydrogen-bond donors (Lipinski definition) is 1. The van der Waals surface area contributed by atoms with Crippen LogP contribution in [0.25, 0.3) is 0 Å². The fourth-order valence-electron chi connectivity index (χ4n) is 2.88. The molecule has 0 amide bonds. The Labute approximate surface area is 187 Å². The van der Waals surface area contributed by atoms with Gasteiger partial charge in [0.15, 0.2) is 0 Å². The van der Waals surface area contributed by atoms with Gasteiger partial charge < -0.3 is 5.11 Å². The van der Waals surface area contributed by atoms with Crippen LogP contribution in [0.15, 0.2) is 36.4 Å². The largest absolute Gasteiger partial charge is 0.396 e. The van der Waals surface area contributed by atoms with Crippen LogP contribution in [0.5, 0.6) is 0 Å². The van der Waals surface area contributed by atoms with Crippen molar-refractivity contribution in [3.05, 3.63) is 70.8 Å². The average Bonchev–Trinajstić information content (AvgIpc) is 2.72. The molecule has 0 aliphatic heterocycles. The Morgan fingerprint density at radius 3 is 1.62 bits per heavy atom. The van der Waals surface area contributed by atoms with E-state index in [4.69, 9.17) is 9.29 Å². The first kappa shape index (κ1) is 28.1. The highest BCUT2D eigenvalue weighted by Crippen LogP contribution is 2.18. The third-order valence-electron chi connectivity index (χ3n) is 4.98. The summed E-state index contributed by atoms with van der Waals surface area (Å²) in [6.07, 6.45) is 3.18. The summed E-state index contributed by atoms with van der Waals surface area (Å²) in [5.74, 6) is -2.42. The lowest BCUT2D eigenvalue weighted by molar-refractivity contribution is 0.221. The molecule has 0 bridgehead atoms. The molecule has 0 heterocycles. The molecular weight excluding hydrogens is 448 g/mol. The highest BCUT2D eigenvalue weighted by molar-refractivity contribution is 7.85. The summed E-state index contributed by atoms with van der Waals surface area (Å²) in [7, 11) is -3.49. The van der Waals surface area contributed by atoms with Crippen molar-refractivity contribution in [1.29, 1.82) is 0 Å². The van der Waals surface area contributed by atoms with E-state index in [-0.39, 0.29) is 25.0 Å². The van der Waals surface area contributed by atoms with Crippen molar-refractivity contribution in [2.45, 2.75) is 39.5 Å². The Morgan fingerprint density at radius 1 is 0.844 bits per heavy atom. The Balaban J connectivity index is 0.000000330. The predicted molar refractivity (Wildman–Crippen MR) is 116 cm³/mol. The maximum atomic E-state index is 13.4. The molecule has 0 saturated heterocycles. The summed E-state index contributed by atoms with van der Waals surface area (Å²) in [6.45, 7) is 3.83. The zero-order valence-corrected chi connectivity index (χ0v) is 19.3. The molecule has 0 radical (unpaired) electrons. The zero-order valence-electron chi connectivity index (χ0n) is 18.5. The van der Waals surface area contributed by atoms with Gasteiger partial charge in [0.25, 0.3) is 10.1 Å². The standard InChI is InChI=1S/C12H16F2O3S.C11H14F2O/c1-3-9(8-17-18(2,15)16)6-10-4-5-11(13)7-12(10)14;1-2-8(7-14)5-9-3-4-10(12)6-11(9)13/h4-5,7,9H,3,6,8H2,1-2H3;3-4,6,8,14H,2,5,7H2,1H3/t9-;8-/m00/s1. The van der Waals surface area contributed by atoms with Crippen LogP contribution in [0.4, 0.5) is 17.6 Å². The van der Waals surface area contributed by atoms with Crippen LogP contribution in [-0.2, 0) is 27.1 Å². The van der Waals surface area contributed by atoms with Crippen molar-refractivity contribution < 1.29 is 35.3 Å². The highest BCUT2D eigenvalue weighted by Gasteiger charge is 2.14. The second kappa shape index (κ2) is 13.5. The molecular formula is C23H30F4O4S. The molecule has 0 aliphatic rings. The summed E-state index contributed by atoms with van der Waals surface area (Å²) in [4.78, 5) is 0. The van der Waals surface area contributed by atoms with E-state index in [1.165, 1.54) is 24.3 Å². The van der Waals surface area contributed by atoms with E-state index in [2.05, 4.69) is 0 Å². The van der Waals surface area contributed by atoms with E-state index in [1.54, 1.807) is 0 Å². The molecule has 180 valence electrons. The molecule has 2 aromatic rings. The lowest BCUT2D eigenvalue weighted by Crippen LogP contribution is -2.15. The van der Waals surface area contributed by atoms with Gasteiger partial charge in [-0.1, -0.05) is 38.8 Å². The first-order valence-corrected chi connectivity index (χ1v) is 12.1. The smallest absolute Gasteiger partial charge is 0.264 e. The highest BCUT2D eigenvalue weighted by atomic mass is 32.2. The Bertz CT molecular complexity index is 947. The SMILES string of the molecule is CC[C@H](CO)Cc1ccc(F)cc1F.CC[C@H](COS(C)(=O)=O)Cc1ccc(F)cc1F. The lowest BCUT2D eigenvalue weighted by atomic mass is 9.97. The van der Waals surface area contributed by atoms with Crippen molar-refractivity contribution in [1.82, 2.24) is 0 Å². The lowest BCUT2D eigenvalue weighted by Gasteiger charge is -2.14. The fourth-order valence-corrected chi connectivity index (χ4v) is 3.32. The van der Waals surface area contributed by atoms with Crippen molar-refractivity contribution in [3.63, 3.8) is 0 Å². The van der Waals surface area contributed by atoms with Gasteiger partial charge in [-0.3, -0.25) is 4.18 Å². The van der Waals surface area contributed by atoms with Crippen LogP contribution >= 0.6 is 0 Å². The Morgan fingerprint density at radius 2 is 1.28 bits per heavy atom. The van der Waals surface area contributed by atoms with Crippen LogP contribution in [0.2, 0.25) is 0 Å². The van der Waals surface area contributed by atoms with Gasteiger partial charge in [0.05, 0.1) is 12.9 Å². The van der Waals surface area contributed by atoms with E-state index < -0.39 is 33.4 Å². The van der Waals surface area contributed by atoms with Gasteiger partial charge in [-0.25, -0.2) is 17.6 Å². The van der Waals surface area contributed by atoms with Gasteiger partial charge in [0, 0.05) is 18.7 Å². The summed E-state index contributed by atoms with van der Waals surface area (Å²) >= 11 is 0. The van der Waals surface area contributed by atoms with Gasteiger partial charge >= 0.3 is 0 Å². The summed E-state index contributed by atoms with van der Waals surface area (Å²) < 4.78 is 78.3. The third kappa shape index (κ3) is 10.6. The number of rotatable bonds is 10. The maximum Gasteiger partial charge on any atom is 0.264 e. The molecule has 0 unspecified atom stereocenters. The van der Waals surface area contributed by atoms with Gasteiger partial charge in [0.2, 0.25) is 0 Å². The normalized spacial score (nSPS) is 13.2. The minimum atomic E-state index is -3.49. The van der Waals surface area contributed by atoms with Crippen molar-refractivity contribution in [2.75, 3.05) is 19.5 Å². The van der Waals surface area contributed by atoms with Crippen molar-refractivity contribution in [3.8, 4) is 0 Å². The topological polar surface area (TPSA) is 63.6 Å². The van der Waals surface area contributed by atoms with E-state index in [1.807, 2.05) is 13.8 Å². The van der Waals surface area contributed by atoms with Crippen molar-refractivity contribution >= 4 is 10.1 Å². The second-order valence-corrected chi connectivity index (χ2v) is 9.24. The number of aliphatic hydroxyl groups excluding tert-OH is 1. The predicted octanol–water partition coefficient (Wildman–Crippen LogP) is 5.04. The molecule has 2 rings (SSSR count). The molecule has 0 saturated carbocycles. The van der Waals surface area contributed by atoms with E-state index in [0.29, 0.717) is 30.4 Å². The van der Waals surface area contributed by atoms with E-state index in [0.717, 1.165) is 24.8 Å².